The average Bonchev–Trinajstić information content (AvgIpc) is 2.91. The summed E-state index contributed by atoms with van der Waals surface area (Å²) in [5.41, 5.74) is 1.93. The second-order valence-electron chi connectivity index (χ2n) is 4.84. The van der Waals surface area contributed by atoms with E-state index in [1.807, 2.05) is 29.6 Å². The SMILES string of the molecule is O=C(NCC1COc2ccccc2C1)c1csc(Br)c1. The molecule has 1 atom stereocenters. The van der Waals surface area contributed by atoms with Gasteiger partial charge in [-0.25, -0.2) is 0 Å². The molecular formula is C15H14BrNO2S. The zero-order valence-corrected chi connectivity index (χ0v) is 13.2. The van der Waals surface area contributed by atoms with Crippen LogP contribution in [-0.4, -0.2) is 19.1 Å². The predicted octanol–water partition coefficient (Wildman–Crippen LogP) is 3.49. The minimum atomic E-state index is -0.0224. The normalized spacial score (nSPS) is 17.1. The maximum atomic E-state index is 12.0. The van der Waals surface area contributed by atoms with Gasteiger partial charge in [0.1, 0.15) is 5.75 Å². The molecule has 1 aliphatic heterocycles. The number of thiophene rings is 1. The van der Waals surface area contributed by atoms with Crippen molar-refractivity contribution in [3.05, 3.63) is 50.6 Å². The third-order valence-electron chi connectivity index (χ3n) is 3.34. The summed E-state index contributed by atoms with van der Waals surface area (Å²) in [6, 6.07) is 9.92. The first-order valence-electron chi connectivity index (χ1n) is 6.45. The highest BCUT2D eigenvalue weighted by atomic mass is 79.9. The molecule has 3 rings (SSSR count). The Bertz CT molecular complexity index is 626. The van der Waals surface area contributed by atoms with Gasteiger partial charge in [-0.1, -0.05) is 18.2 Å². The standard InChI is InChI=1S/C15H14BrNO2S/c16-14-6-12(9-20-14)15(18)17-7-10-5-11-3-1-2-4-13(11)19-8-10/h1-4,6,9-10H,5,7-8H2,(H,17,18). The van der Waals surface area contributed by atoms with Crippen LogP contribution in [0.25, 0.3) is 0 Å². The van der Waals surface area contributed by atoms with Gasteiger partial charge in [0.05, 0.1) is 16.0 Å². The zero-order chi connectivity index (χ0) is 13.9. The Morgan fingerprint density at radius 2 is 2.30 bits per heavy atom. The first-order valence-corrected chi connectivity index (χ1v) is 8.12. The van der Waals surface area contributed by atoms with Crippen molar-refractivity contribution in [2.45, 2.75) is 6.42 Å². The lowest BCUT2D eigenvalue weighted by atomic mass is 9.97. The van der Waals surface area contributed by atoms with Gasteiger partial charge in [-0.2, -0.15) is 0 Å². The number of ether oxygens (including phenoxy) is 1. The molecule has 2 heterocycles. The van der Waals surface area contributed by atoms with Gasteiger partial charge in [0.15, 0.2) is 0 Å². The van der Waals surface area contributed by atoms with E-state index in [2.05, 4.69) is 27.3 Å². The number of nitrogens with one attached hydrogen (secondary N) is 1. The molecule has 0 aliphatic carbocycles. The van der Waals surface area contributed by atoms with E-state index in [0.717, 1.165) is 16.0 Å². The summed E-state index contributed by atoms with van der Waals surface area (Å²) in [5, 5.41) is 4.83. The van der Waals surface area contributed by atoms with E-state index in [1.165, 1.54) is 16.9 Å². The molecule has 0 radical (unpaired) electrons. The van der Waals surface area contributed by atoms with E-state index in [9.17, 15) is 4.79 Å². The molecular weight excluding hydrogens is 338 g/mol. The van der Waals surface area contributed by atoms with Crippen LogP contribution in [0.2, 0.25) is 0 Å². The number of benzene rings is 1. The van der Waals surface area contributed by atoms with Gasteiger partial charge in [-0.3, -0.25) is 4.79 Å². The van der Waals surface area contributed by atoms with E-state index in [0.29, 0.717) is 24.6 Å². The molecule has 3 nitrogen and oxygen atoms in total. The number of para-hydroxylation sites is 1. The zero-order valence-electron chi connectivity index (χ0n) is 10.8. The monoisotopic (exact) mass is 351 g/mol. The van der Waals surface area contributed by atoms with Gasteiger partial charge >= 0.3 is 0 Å². The summed E-state index contributed by atoms with van der Waals surface area (Å²) in [4.78, 5) is 12.0. The summed E-state index contributed by atoms with van der Waals surface area (Å²) in [7, 11) is 0. The lowest BCUT2D eigenvalue weighted by Crippen LogP contribution is -2.34. The molecule has 1 aliphatic rings. The van der Waals surface area contributed by atoms with Crippen molar-refractivity contribution >= 4 is 33.2 Å². The lowest BCUT2D eigenvalue weighted by molar-refractivity contribution is 0.0939. The van der Waals surface area contributed by atoms with Crippen molar-refractivity contribution in [3.8, 4) is 5.75 Å². The van der Waals surface area contributed by atoms with Gasteiger partial charge in [0, 0.05) is 17.8 Å². The van der Waals surface area contributed by atoms with Crippen LogP contribution in [0, 0.1) is 5.92 Å². The maximum Gasteiger partial charge on any atom is 0.252 e. The Morgan fingerprint density at radius 1 is 1.45 bits per heavy atom. The number of rotatable bonds is 3. The number of fused-ring (bicyclic) bond motifs is 1. The van der Waals surface area contributed by atoms with E-state index >= 15 is 0 Å². The highest BCUT2D eigenvalue weighted by molar-refractivity contribution is 9.11. The van der Waals surface area contributed by atoms with Crippen LogP contribution in [0.3, 0.4) is 0 Å². The number of carbonyl (C=O) groups excluding carboxylic acids is 1. The fourth-order valence-corrected chi connectivity index (χ4v) is 3.43. The van der Waals surface area contributed by atoms with E-state index in [-0.39, 0.29) is 5.91 Å². The molecule has 104 valence electrons. The fourth-order valence-electron chi connectivity index (χ4n) is 2.29. The molecule has 1 amide bonds. The van der Waals surface area contributed by atoms with Crippen molar-refractivity contribution in [3.63, 3.8) is 0 Å². The average molecular weight is 352 g/mol. The molecule has 1 aromatic carbocycles. The topological polar surface area (TPSA) is 38.3 Å². The molecule has 20 heavy (non-hydrogen) atoms. The highest BCUT2D eigenvalue weighted by Crippen LogP contribution is 2.26. The Morgan fingerprint density at radius 3 is 3.10 bits per heavy atom. The molecule has 1 N–H and O–H groups in total. The first-order chi connectivity index (χ1) is 9.72. The van der Waals surface area contributed by atoms with Gasteiger partial charge in [-0.05, 0) is 40.0 Å². The van der Waals surface area contributed by atoms with Crippen molar-refractivity contribution in [2.24, 2.45) is 5.92 Å². The van der Waals surface area contributed by atoms with Crippen LogP contribution in [0.5, 0.6) is 5.75 Å². The van der Waals surface area contributed by atoms with Gasteiger partial charge in [0.25, 0.3) is 5.91 Å². The lowest BCUT2D eigenvalue weighted by Gasteiger charge is -2.25. The second-order valence-corrected chi connectivity index (χ2v) is 7.13. The first kappa shape index (κ1) is 13.6. The van der Waals surface area contributed by atoms with Crippen LogP contribution in [0.4, 0.5) is 0 Å². The maximum absolute atomic E-state index is 12.0. The van der Waals surface area contributed by atoms with Gasteiger partial charge in [0.2, 0.25) is 0 Å². The summed E-state index contributed by atoms with van der Waals surface area (Å²) in [6.07, 6.45) is 0.948. The van der Waals surface area contributed by atoms with E-state index < -0.39 is 0 Å². The summed E-state index contributed by atoms with van der Waals surface area (Å²) in [5.74, 6) is 1.28. The minimum Gasteiger partial charge on any atom is -0.493 e. The Hall–Kier alpha value is -1.33. The minimum absolute atomic E-state index is 0.0224. The Balaban J connectivity index is 1.56. The number of carbonyl (C=O) groups is 1. The fraction of sp³-hybridized carbons (Fsp3) is 0.267. The van der Waals surface area contributed by atoms with E-state index in [1.54, 1.807) is 0 Å². The largest absolute Gasteiger partial charge is 0.493 e. The molecule has 0 bridgehead atoms. The Kier molecular flexibility index (Phi) is 4.08. The van der Waals surface area contributed by atoms with Crippen LogP contribution in [-0.2, 0) is 6.42 Å². The molecule has 5 heteroatoms. The molecule has 0 fully saturated rings. The number of amides is 1. The summed E-state index contributed by atoms with van der Waals surface area (Å²) in [6.45, 7) is 1.30. The smallest absolute Gasteiger partial charge is 0.252 e. The van der Waals surface area contributed by atoms with Crippen molar-refractivity contribution < 1.29 is 9.53 Å². The van der Waals surface area contributed by atoms with Crippen molar-refractivity contribution in [2.75, 3.05) is 13.2 Å². The molecule has 2 aromatic rings. The molecule has 0 spiro atoms. The van der Waals surface area contributed by atoms with Gasteiger partial charge in [-0.15, -0.1) is 11.3 Å². The highest BCUT2D eigenvalue weighted by Gasteiger charge is 2.20. The third kappa shape index (κ3) is 3.04. The quantitative estimate of drug-likeness (QED) is 0.918. The van der Waals surface area contributed by atoms with Gasteiger partial charge < -0.3 is 10.1 Å². The van der Waals surface area contributed by atoms with Crippen molar-refractivity contribution in [1.82, 2.24) is 5.32 Å². The number of hydrogen-bond acceptors (Lipinski definition) is 3. The molecule has 1 unspecified atom stereocenters. The summed E-state index contributed by atoms with van der Waals surface area (Å²) < 4.78 is 6.69. The van der Waals surface area contributed by atoms with Crippen LogP contribution >= 0.6 is 27.3 Å². The van der Waals surface area contributed by atoms with Crippen LogP contribution in [0.15, 0.2) is 39.5 Å². The van der Waals surface area contributed by atoms with E-state index in [4.69, 9.17) is 4.74 Å². The second kappa shape index (κ2) is 5.97. The molecule has 0 saturated carbocycles. The van der Waals surface area contributed by atoms with Crippen molar-refractivity contribution in [1.29, 1.82) is 0 Å². The van der Waals surface area contributed by atoms with Crippen LogP contribution < -0.4 is 10.1 Å². The molecule has 1 aromatic heterocycles. The van der Waals surface area contributed by atoms with Crippen LogP contribution in [0.1, 0.15) is 15.9 Å². The summed E-state index contributed by atoms with van der Waals surface area (Å²) >= 11 is 4.88. The Labute approximate surface area is 130 Å². The molecule has 0 saturated heterocycles. The number of hydrogen-bond donors (Lipinski definition) is 1. The third-order valence-corrected chi connectivity index (χ3v) is 4.84. The predicted molar refractivity (Wildman–Crippen MR) is 83.5 cm³/mol. The number of halogens is 1.